The normalized spacial score (nSPS) is 20.4. The lowest BCUT2D eigenvalue weighted by molar-refractivity contribution is 0.0696. The molecule has 3 fully saturated rings. The molecule has 4 aromatic rings. The molecule has 9 nitrogen and oxygen atoms in total. The molecule has 3 unspecified atom stereocenters. The monoisotopic (exact) mass is 722 g/mol. The maximum Gasteiger partial charge on any atom is 0.335 e. The van der Waals surface area contributed by atoms with Crippen molar-refractivity contribution < 1.29 is 14.6 Å². The first kappa shape index (κ1) is 37.6. The Balaban J connectivity index is 0.00000228. The molecule has 2 saturated carbocycles. The van der Waals surface area contributed by atoms with E-state index in [2.05, 4.69) is 80.0 Å². The summed E-state index contributed by atoms with van der Waals surface area (Å²) in [5.41, 5.74) is 6.02. The standard InChI is InChI=1S/C40H48N6O3S.C2H6/c1-24(2)30-15-16-32(31-13-8-14-35(42-31)46(5)28-21-40(22-28)17-18-40)41-34(30)23-49-36-20-33(37-25(3)9-6-10-26(37)4)43-39(44-36)45-50-29-12-7-11-27(19-29)38(47)48;1-2/h6-14,19-20,24,28,30,32,34,41H,15-18,21-23H2,1-5H3,(H,47,48)(H,43,44,45);1-2H3. The molecule has 0 bridgehead atoms. The summed E-state index contributed by atoms with van der Waals surface area (Å²) in [6, 6.07) is 22.3. The Bertz CT molecular complexity index is 1840. The molecule has 52 heavy (non-hydrogen) atoms. The molecule has 3 N–H and O–H groups in total. The fourth-order valence-electron chi connectivity index (χ4n) is 7.91. The van der Waals surface area contributed by atoms with Crippen molar-refractivity contribution in [2.24, 2.45) is 17.3 Å². The van der Waals surface area contributed by atoms with Crippen molar-refractivity contribution in [1.29, 1.82) is 0 Å². The van der Waals surface area contributed by atoms with Crippen LogP contribution in [0.5, 0.6) is 5.88 Å². The number of aromatic nitrogens is 3. The van der Waals surface area contributed by atoms with E-state index in [1.807, 2.05) is 32.0 Å². The number of rotatable bonds is 12. The number of ether oxygens (including phenoxy) is 1. The minimum absolute atomic E-state index is 0.112. The van der Waals surface area contributed by atoms with Gasteiger partial charge in [0.1, 0.15) is 12.4 Å². The summed E-state index contributed by atoms with van der Waals surface area (Å²) in [7, 11) is 2.20. The molecular formula is C42H54N6O3S. The van der Waals surface area contributed by atoms with Crippen LogP contribution in [-0.2, 0) is 0 Å². The molecule has 1 aliphatic heterocycles. The molecule has 3 heterocycles. The van der Waals surface area contributed by atoms with Crippen LogP contribution in [0.3, 0.4) is 0 Å². The topological polar surface area (TPSA) is 112 Å². The number of aryl methyl sites for hydroxylation is 2. The predicted molar refractivity (Wildman–Crippen MR) is 211 cm³/mol. The van der Waals surface area contributed by atoms with Gasteiger partial charge < -0.3 is 20.1 Å². The molecule has 0 amide bonds. The molecule has 0 radical (unpaired) electrons. The van der Waals surface area contributed by atoms with Crippen molar-refractivity contribution in [2.75, 3.05) is 23.3 Å². The average molecular weight is 723 g/mol. The Morgan fingerprint density at radius 3 is 2.40 bits per heavy atom. The average Bonchev–Trinajstić information content (AvgIpc) is 3.95. The Hall–Kier alpha value is -4.15. The third kappa shape index (κ3) is 8.55. The zero-order valence-corrected chi connectivity index (χ0v) is 32.5. The van der Waals surface area contributed by atoms with Gasteiger partial charge in [-0.15, -0.1) is 0 Å². The number of carboxylic acids is 1. The number of nitrogens with zero attached hydrogens (tertiary/aromatic N) is 4. The van der Waals surface area contributed by atoms with Gasteiger partial charge in [0.05, 0.1) is 17.0 Å². The van der Waals surface area contributed by atoms with Gasteiger partial charge in [-0.3, -0.25) is 4.72 Å². The number of carbonyl (C=O) groups is 1. The molecule has 1 saturated heterocycles. The zero-order chi connectivity index (χ0) is 37.0. The summed E-state index contributed by atoms with van der Waals surface area (Å²) in [5.74, 6) is 1.91. The minimum Gasteiger partial charge on any atom is -0.478 e. The van der Waals surface area contributed by atoms with E-state index in [1.54, 1.807) is 18.2 Å². The van der Waals surface area contributed by atoms with Crippen LogP contribution >= 0.6 is 11.9 Å². The smallest absolute Gasteiger partial charge is 0.335 e. The molecule has 1 spiro atoms. The number of piperidine rings is 1. The number of aromatic carboxylic acids is 1. The van der Waals surface area contributed by atoms with Gasteiger partial charge >= 0.3 is 5.97 Å². The number of benzene rings is 2. The van der Waals surface area contributed by atoms with Crippen LogP contribution in [0.4, 0.5) is 11.8 Å². The van der Waals surface area contributed by atoms with Crippen LogP contribution in [0.15, 0.2) is 71.6 Å². The van der Waals surface area contributed by atoms with Crippen LogP contribution in [0.25, 0.3) is 11.3 Å². The molecule has 2 aromatic carbocycles. The van der Waals surface area contributed by atoms with Crippen molar-refractivity contribution in [1.82, 2.24) is 20.3 Å². The number of hydrogen-bond donors (Lipinski definition) is 3. The van der Waals surface area contributed by atoms with E-state index in [-0.39, 0.29) is 17.6 Å². The summed E-state index contributed by atoms with van der Waals surface area (Å²) in [6.45, 7) is 13.2. The van der Waals surface area contributed by atoms with Gasteiger partial charge in [-0.25, -0.2) is 14.8 Å². The van der Waals surface area contributed by atoms with Crippen molar-refractivity contribution in [3.05, 3.63) is 89.1 Å². The van der Waals surface area contributed by atoms with E-state index < -0.39 is 5.97 Å². The second-order valence-corrected chi connectivity index (χ2v) is 15.8. The fourth-order valence-corrected chi connectivity index (χ4v) is 8.54. The van der Waals surface area contributed by atoms with Crippen LogP contribution in [-0.4, -0.2) is 51.8 Å². The quantitative estimate of drug-likeness (QED) is 0.122. The lowest BCUT2D eigenvalue weighted by Gasteiger charge is -2.43. The first-order chi connectivity index (χ1) is 25.1. The first-order valence-corrected chi connectivity index (χ1v) is 19.7. The summed E-state index contributed by atoms with van der Waals surface area (Å²) in [4.78, 5) is 29.5. The van der Waals surface area contributed by atoms with Gasteiger partial charge in [-0.2, -0.15) is 4.98 Å². The largest absolute Gasteiger partial charge is 0.478 e. The SMILES string of the molecule is CC.Cc1cccc(C)c1-c1cc(OCC2NC(c3cccc(N(C)C4CC5(CC5)C4)n3)CCC2C(C)C)nc(NSc2cccc(C(=O)O)c2)n1. The minimum atomic E-state index is -0.967. The van der Waals surface area contributed by atoms with Crippen LogP contribution in [0.1, 0.15) is 99.4 Å². The number of pyridine rings is 1. The van der Waals surface area contributed by atoms with Gasteiger partial charge in [-0.05, 0) is 123 Å². The number of anilines is 2. The van der Waals surface area contributed by atoms with E-state index in [4.69, 9.17) is 19.7 Å². The Labute approximate surface area is 313 Å². The maximum absolute atomic E-state index is 11.5. The third-order valence-electron chi connectivity index (χ3n) is 11.1. The van der Waals surface area contributed by atoms with Crippen LogP contribution in [0, 0.1) is 31.1 Å². The van der Waals surface area contributed by atoms with E-state index >= 15 is 0 Å². The highest BCUT2D eigenvalue weighted by Gasteiger charge is 2.54. The molecule has 2 aromatic heterocycles. The molecule has 10 heteroatoms. The van der Waals surface area contributed by atoms with Crippen LogP contribution in [0.2, 0.25) is 0 Å². The molecule has 3 aliphatic rings. The second kappa shape index (κ2) is 16.3. The van der Waals surface area contributed by atoms with E-state index in [0.29, 0.717) is 41.7 Å². The third-order valence-corrected chi connectivity index (χ3v) is 11.9. The van der Waals surface area contributed by atoms with E-state index in [1.165, 1.54) is 37.6 Å². The molecule has 2 aliphatic carbocycles. The van der Waals surface area contributed by atoms with Gasteiger partial charge in [0, 0.05) is 41.7 Å². The van der Waals surface area contributed by atoms with Crippen LogP contribution < -0.4 is 19.7 Å². The molecular weight excluding hydrogens is 669 g/mol. The first-order valence-electron chi connectivity index (χ1n) is 18.9. The number of carboxylic acid groups (broad SMARTS) is 1. The van der Waals surface area contributed by atoms with Gasteiger partial charge in [0.25, 0.3) is 0 Å². The highest BCUT2D eigenvalue weighted by Crippen LogP contribution is 2.61. The Kier molecular flexibility index (Phi) is 11.8. The summed E-state index contributed by atoms with van der Waals surface area (Å²) in [6.07, 6.45) is 7.53. The van der Waals surface area contributed by atoms with Gasteiger partial charge in [0.2, 0.25) is 11.8 Å². The summed E-state index contributed by atoms with van der Waals surface area (Å²) >= 11 is 1.27. The highest BCUT2D eigenvalue weighted by molar-refractivity contribution is 8.00. The molecule has 3 atom stereocenters. The van der Waals surface area contributed by atoms with Gasteiger partial charge in [0.15, 0.2) is 0 Å². The van der Waals surface area contributed by atoms with Crippen molar-refractivity contribution in [3.63, 3.8) is 0 Å². The molecule has 7 rings (SSSR count). The lowest BCUT2D eigenvalue weighted by Crippen LogP contribution is -2.49. The highest BCUT2D eigenvalue weighted by atomic mass is 32.2. The lowest BCUT2D eigenvalue weighted by atomic mass is 9.76. The van der Waals surface area contributed by atoms with E-state index in [0.717, 1.165) is 51.6 Å². The van der Waals surface area contributed by atoms with Gasteiger partial charge in [-0.1, -0.05) is 58.0 Å². The summed E-state index contributed by atoms with van der Waals surface area (Å²) in [5, 5.41) is 13.4. The second-order valence-electron chi connectivity index (χ2n) is 14.9. The maximum atomic E-state index is 11.5. The Morgan fingerprint density at radius 2 is 1.71 bits per heavy atom. The van der Waals surface area contributed by atoms with Crippen molar-refractivity contribution in [3.8, 4) is 17.1 Å². The predicted octanol–water partition coefficient (Wildman–Crippen LogP) is 9.52. The summed E-state index contributed by atoms with van der Waals surface area (Å²) < 4.78 is 9.81. The Morgan fingerprint density at radius 1 is 1.00 bits per heavy atom. The van der Waals surface area contributed by atoms with Crippen molar-refractivity contribution in [2.45, 2.75) is 103 Å². The zero-order valence-electron chi connectivity index (χ0n) is 31.6. The number of hydrogen-bond acceptors (Lipinski definition) is 9. The number of nitrogens with one attached hydrogen (secondary N) is 2. The van der Waals surface area contributed by atoms with E-state index in [9.17, 15) is 9.90 Å². The fraction of sp³-hybridized carbons (Fsp3) is 0.476. The molecule has 276 valence electrons. The van der Waals surface area contributed by atoms with Crippen molar-refractivity contribution >= 4 is 29.7 Å².